The van der Waals surface area contributed by atoms with E-state index in [9.17, 15) is 13.2 Å². The Morgan fingerprint density at radius 3 is 2.19 bits per heavy atom. The quantitative estimate of drug-likeness (QED) is 0.261. The summed E-state index contributed by atoms with van der Waals surface area (Å²) in [6, 6.07) is 24.9. The van der Waals surface area contributed by atoms with E-state index in [0.29, 0.717) is 28.7 Å². The number of sulfonamides is 1. The van der Waals surface area contributed by atoms with Crippen LogP contribution in [-0.4, -0.2) is 14.2 Å². The second-order valence-electron chi connectivity index (χ2n) is 7.20. The molecule has 0 fully saturated rings. The number of benzene rings is 4. The van der Waals surface area contributed by atoms with Crippen LogP contribution in [0.25, 0.3) is 10.8 Å². The molecule has 0 spiro atoms. The smallest absolute Gasteiger partial charge is 0.261 e. The topological polar surface area (TPSA) is 89.3 Å². The molecule has 162 valence electrons. The zero-order valence-corrected chi connectivity index (χ0v) is 19.0. The van der Waals surface area contributed by atoms with Gasteiger partial charge in [-0.3, -0.25) is 9.52 Å². The fourth-order valence-electron chi connectivity index (χ4n) is 3.38. The van der Waals surface area contributed by atoms with Crippen molar-refractivity contribution in [1.29, 1.82) is 0 Å². The molecular weight excluding hydrogens is 440 g/mol. The van der Waals surface area contributed by atoms with Crippen molar-refractivity contribution in [1.82, 2.24) is 0 Å². The van der Waals surface area contributed by atoms with E-state index in [0.717, 1.165) is 15.2 Å². The van der Waals surface area contributed by atoms with Crippen LogP contribution in [-0.2, 0) is 10.0 Å². The Balaban J connectivity index is 1.74. The lowest BCUT2D eigenvalue weighted by Gasteiger charge is -2.16. The summed E-state index contributed by atoms with van der Waals surface area (Å²) in [6.07, 6.45) is 0.365. The van der Waals surface area contributed by atoms with Crippen LogP contribution in [0, 0.1) is 0 Å². The third-order valence-electron chi connectivity index (χ3n) is 5.07. The number of nitrogen functional groups attached to an aromatic ring is 1. The highest BCUT2D eigenvalue weighted by molar-refractivity contribution is 7.99. The molecular formula is C25H22N2O3S2. The Labute approximate surface area is 191 Å². The van der Waals surface area contributed by atoms with Gasteiger partial charge in [-0.2, -0.15) is 0 Å². The van der Waals surface area contributed by atoms with Crippen molar-refractivity contribution in [2.24, 2.45) is 0 Å². The summed E-state index contributed by atoms with van der Waals surface area (Å²) in [4.78, 5) is 13.7. The lowest BCUT2D eigenvalue weighted by Crippen LogP contribution is -2.14. The Hall–Kier alpha value is -3.29. The molecule has 3 N–H and O–H groups in total. The second-order valence-corrected chi connectivity index (χ2v) is 10.0. The lowest BCUT2D eigenvalue weighted by atomic mass is 10.1. The lowest BCUT2D eigenvalue weighted by molar-refractivity contribution is 0.0988. The molecule has 0 saturated carbocycles. The zero-order chi connectivity index (χ0) is 22.7. The first-order chi connectivity index (χ1) is 15.4. The van der Waals surface area contributed by atoms with E-state index < -0.39 is 10.0 Å². The summed E-state index contributed by atoms with van der Waals surface area (Å²) < 4.78 is 28.9. The van der Waals surface area contributed by atoms with Gasteiger partial charge in [0.1, 0.15) is 0 Å². The molecule has 0 atom stereocenters. The molecule has 0 saturated heterocycles. The molecule has 0 aliphatic heterocycles. The molecule has 7 heteroatoms. The number of hydrogen-bond donors (Lipinski definition) is 2. The van der Waals surface area contributed by atoms with Crippen molar-refractivity contribution in [3.63, 3.8) is 0 Å². The Morgan fingerprint density at radius 2 is 1.53 bits per heavy atom. The summed E-state index contributed by atoms with van der Waals surface area (Å²) in [5, 5.41) is 1.48. The fourth-order valence-corrected chi connectivity index (χ4v) is 5.40. The number of nitrogens with two attached hydrogens (primary N) is 1. The van der Waals surface area contributed by atoms with Gasteiger partial charge in [-0.15, -0.1) is 0 Å². The van der Waals surface area contributed by atoms with Crippen LogP contribution in [0.1, 0.15) is 23.7 Å². The molecule has 0 amide bonds. The Morgan fingerprint density at radius 1 is 0.906 bits per heavy atom. The maximum atomic E-state index is 13.1. The monoisotopic (exact) mass is 462 g/mol. The summed E-state index contributed by atoms with van der Waals surface area (Å²) in [6.45, 7) is 1.77. The number of carbonyl (C=O) groups excluding carboxylic acids is 1. The van der Waals surface area contributed by atoms with Gasteiger partial charge in [-0.1, -0.05) is 73.3 Å². The minimum atomic E-state index is -3.87. The molecule has 4 aromatic carbocycles. The standard InChI is InChI=1S/C25H22N2O3S2/c1-2-23(28)17-12-14-19(15-13-17)32(29,30)27-22-16-24(31-18-8-4-3-5-9-18)25(26)21-11-7-6-10-20(21)22/h3-16,27H,2,26H2,1H3. The molecule has 0 aromatic heterocycles. The minimum Gasteiger partial charge on any atom is -0.397 e. The molecule has 0 radical (unpaired) electrons. The van der Waals surface area contributed by atoms with Crippen LogP contribution in [0.3, 0.4) is 0 Å². The predicted octanol–water partition coefficient (Wildman–Crippen LogP) is 5.97. The number of anilines is 2. The van der Waals surface area contributed by atoms with Gasteiger partial charge in [-0.25, -0.2) is 8.42 Å². The SMILES string of the molecule is CCC(=O)c1ccc(S(=O)(=O)Nc2cc(Sc3ccccc3)c(N)c3ccccc23)cc1. The van der Waals surface area contributed by atoms with Gasteiger partial charge < -0.3 is 5.73 Å². The molecule has 32 heavy (non-hydrogen) atoms. The average Bonchev–Trinajstić information content (AvgIpc) is 2.82. The number of Topliss-reactive ketones (excluding diaryl/α,β-unsaturated/α-hetero) is 1. The van der Waals surface area contributed by atoms with Crippen LogP contribution in [0.4, 0.5) is 11.4 Å². The fraction of sp³-hybridized carbons (Fsp3) is 0.0800. The Kier molecular flexibility index (Phi) is 6.21. The van der Waals surface area contributed by atoms with Gasteiger partial charge in [0.15, 0.2) is 5.78 Å². The first-order valence-corrected chi connectivity index (χ1v) is 12.4. The summed E-state index contributed by atoms with van der Waals surface area (Å²) >= 11 is 1.48. The van der Waals surface area contributed by atoms with E-state index in [2.05, 4.69) is 4.72 Å². The minimum absolute atomic E-state index is 0.0333. The van der Waals surface area contributed by atoms with Crippen molar-refractivity contribution in [3.05, 3.63) is 90.5 Å². The number of ketones is 1. The van der Waals surface area contributed by atoms with E-state index in [4.69, 9.17) is 5.73 Å². The average molecular weight is 463 g/mol. The number of rotatable bonds is 7. The van der Waals surface area contributed by atoms with Crippen LogP contribution < -0.4 is 10.5 Å². The van der Waals surface area contributed by atoms with Gasteiger partial charge in [0.2, 0.25) is 0 Å². The van der Waals surface area contributed by atoms with Gasteiger partial charge in [0, 0.05) is 32.5 Å². The molecule has 0 unspecified atom stereocenters. The molecule has 0 aliphatic carbocycles. The molecule has 0 heterocycles. The third kappa shape index (κ3) is 4.49. The first-order valence-electron chi connectivity index (χ1n) is 10.1. The van der Waals surface area contributed by atoms with E-state index in [-0.39, 0.29) is 10.7 Å². The van der Waals surface area contributed by atoms with Gasteiger partial charge >= 0.3 is 0 Å². The summed E-state index contributed by atoms with van der Waals surface area (Å²) in [5.74, 6) is -0.0333. The summed E-state index contributed by atoms with van der Waals surface area (Å²) in [5.41, 5.74) is 7.97. The molecule has 5 nitrogen and oxygen atoms in total. The number of hydrogen-bond acceptors (Lipinski definition) is 5. The predicted molar refractivity (Wildman–Crippen MR) is 131 cm³/mol. The van der Waals surface area contributed by atoms with Crippen molar-refractivity contribution in [2.75, 3.05) is 10.5 Å². The molecule has 4 rings (SSSR count). The highest BCUT2D eigenvalue weighted by Gasteiger charge is 2.19. The van der Waals surface area contributed by atoms with E-state index >= 15 is 0 Å². The van der Waals surface area contributed by atoms with Crippen LogP contribution >= 0.6 is 11.8 Å². The van der Waals surface area contributed by atoms with Gasteiger partial charge in [0.25, 0.3) is 10.0 Å². The van der Waals surface area contributed by atoms with Crippen molar-refractivity contribution in [2.45, 2.75) is 28.0 Å². The number of fused-ring (bicyclic) bond motifs is 1. The zero-order valence-electron chi connectivity index (χ0n) is 17.4. The van der Waals surface area contributed by atoms with E-state index in [1.807, 2.05) is 54.6 Å². The number of nitrogens with one attached hydrogen (secondary N) is 1. The van der Waals surface area contributed by atoms with E-state index in [1.54, 1.807) is 13.0 Å². The van der Waals surface area contributed by atoms with E-state index in [1.165, 1.54) is 36.0 Å². The van der Waals surface area contributed by atoms with Crippen LogP contribution in [0.5, 0.6) is 0 Å². The van der Waals surface area contributed by atoms with Crippen molar-refractivity contribution in [3.8, 4) is 0 Å². The third-order valence-corrected chi connectivity index (χ3v) is 7.52. The highest BCUT2D eigenvalue weighted by Crippen LogP contribution is 2.40. The normalized spacial score (nSPS) is 11.4. The van der Waals surface area contributed by atoms with Crippen LogP contribution in [0.15, 0.2) is 99.6 Å². The number of carbonyl (C=O) groups is 1. The maximum Gasteiger partial charge on any atom is 0.261 e. The van der Waals surface area contributed by atoms with Crippen molar-refractivity contribution >= 4 is 49.7 Å². The van der Waals surface area contributed by atoms with Gasteiger partial charge in [0.05, 0.1) is 16.3 Å². The summed E-state index contributed by atoms with van der Waals surface area (Å²) in [7, 11) is -3.87. The van der Waals surface area contributed by atoms with Crippen LogP contribution in [0.2, 0.25) is 0 Å². The van der Waals surface area contributed by atoms with Gasteiger partial charge in [-0.05, 0) is 30.3 Å². The second kappa shape index (κ2) is 9.06. The molecule has 4 aromatic rings. The van der Waals surface area contributed by atoms with Crippen molar-refractivity contribution < 1.29 is 13.2 Å². The first kappa shape index (κ1) is 21.9. The molecule has 0 bridgehead atoms. The maximum absolute atomic E-state index is 13.1. The highest BCUT2D eigenvalue weighted by atomic mass is 32.2. The molecule has 0 aliphatic rings. The largest absolute Gasteiger partial charge is 0.397 e. The Bertz CT molecular complexity index is 1380.